The van der Waals surface area contributed by atoms with E-state index in [9.17, 15) is 9.18 Å². The molecule has 1 aromatic rings. The molecule has 1 atom stereocenters. The number of carbonyl (C=O) groups is 1. The topological polar surface area (TPSA) is 29.1 Å². The number of halogens is 3. The third-order valence-corrected chi connectivity index (χ3v) is 3.77. The summed E-state index contributed by atoms with van der Waals surface area (Å²) in [5.41, 5.74) is 0.334. The molecule has 0 aliphatic rings. The summed E-state index contributed by atoms with van der Waals surface area (Å²) in [6.07, 6.45) is 1.84. The predicted molar refractivity (Wildman–Crippen MR) is 75.6 cm³/mol. The van der Waals surface area contributed by atoms with Crippen molar-refractivity contribution in [3.63, 3.8) is 0 Å². The molecular weight excluding hydrogens is 321 g/mol. The fraction of sp³-hybridized carbons (Fsp3) is 0.462. The van der Waals surface area contributed by atoms with Crippen LogP contribution in [0, 0.1) is 11.7 Å². The van der Waals surface area contributed by atoms with Crippen LogP contribution in [0.25, 0.3) is 0 Å². The maximum absolute atomic E-state index is 13.2. The van der Waals surface area contributed by atoms with Gasteiger partial charge < -0.3 is 5.32 Å². The van der Waals surface area contributed by atoms with Crippen LogP contribution in [0.4, 0.5) is 4.39 Å². The molecule has 1 N–H and O–H groups in total. The minimum atomic E-state index is -0.432. The van der Waals surface area contributed by atoms with Gasteiger partial charge in [0.2, 0.25) is 0 Å². The van der Waals surface area contributed by atoms with Gasteiger partial charge in [-0.1, -0.05) is 6.92 Å². The van der Waals surface area contributed by atoms with Gasteiger partial charge in [-0.3, -0.25) is 4.79 Å². The largest absolute Gasteiger partial charge is 0.352 e. The molecule has 0 aromatic heterocycles. The SMILES string of the molecule is CC(CCl)CCCNC(=O)c1ccc(Br)c(F)c1. The van der Waals surface area contributed by atoms with Gasteiger partial charge in [-0.15, -0.1) is 11.6 Å². The van der Waals surface area contributed by atoms with Crippen molar-refractivity contribution in [3.8, 4) is 0 Å². The highest BCUT2D eigenvalue weighted by Crippen LogP contribution is 2.16. The van der Waals surface area contributed by atoms with Crippen LogP contribution in [0.5, 0.6) is 0 Å². The third-order valence-electron chi connectivity index (χ3n) is 2.60. The zero-order valence-corrected chi connectivity index (χ0v) is 12.5. The van der Waals surface area contributed by atoms with E-state index < -0.39 is 5.82 Å². The Kier molecular flexibility index (Phi) is 6.65. The molecule has 0 saturated heterocycles. The van der Waals surface area contributed by atoms with Gasteiger partial charge in [-0.2, -0.15) is 0 Å². The minimum Gasteiger partial charge on any atom is -0.352 e. The summed E-state index contributed by atoms with van der Waals surface area (Å²) in [6, 6.07) is 4.34. The fourth-order valence-electron chi connectivity index (χ4n) is 1.47. The van der Waals surface area contributed by atoms with E-state index in [1.165, 1.54) is 12.1 Å². The molecule has 5 heteroatoms. The van der Waals surface area contributed by atoms with Gasteiger partial charge in [0.15, 0.2) is 0 Å². The summed E-state index contributed by atoms with van der Waals surface area (Å²) in [7, 11) is 0. The fourth-order valence-corrected chi connectivity index (χ4v) is 1.87. The van der Waals surface area contributed by atoms with E-state index in [0.717, 1.165) is 12.8 Å². The second kappa shape index (κ2) is 7.74. The molecule has 0 fully saturated rings. The molecule has 18 heavy (non-hydrogen) atoms. The lowest BCUT2D eigenvalue weighted by molar-refractivity contribution is 0.0952. The molecule has 1 unspecified atom stereocenters. The van der Waals surface area contributed by atoms with Crippen LogP contribution < -0.4 is 5.32 Å². The molecule has 0 bridgehead atoms. The van der Waals surface area contributed by atoms with E-state index in [1.807, 2.05) is 0 Å². The van der Waals surface area contributed by atoms with Crippen molar-refractivity contribution in [3.05, 3.63) is 34.1 Å². The average Bonchev–Trinajstić information content (AvgIpc) is 2.37. The molecule has 0 heterocycles. The van der Waals surface area contributed by atoms with Crippen LogP contribution in [0.15, 0.2) is 22.7 Å². The number of hydrogen-bond acceptors (Lipinski definition) is 1. The van der Waals surface area contributed by atoms with Crippen LogP contribution in [-0.4, -0.2) is 18.3 Å². The highest BCUT2D eigenvalue weighted by Gasteiger charge is 2.08. The molecule has 0 spiro atoms. The molecular formula is C13H16BrClFNO. The van der Waals surface area contributed by atoms with Crippen molar-refractivity contribution < 1.29 is 9.18 Å². The second-order valence-electron chi connectivity index (χ2n) is 4.29. The van der Waals surface area contributed by atoms with E-state index in [4.69, 9.17) is 11.6 Å². The van der Waals surface area contributed by atoms with Gasteiger partial charge in [0.05, 0.1) is 4.47 Å². The van der Waals surface area contributed by atoms with Crippen LogP contribution in [-0.2, 0) is 0 Å². The molecule has 0 saturated carbocycles. The van der Waals surface area contributed by atoms with E-state index in [-0.39, 0.29) is 5.91 Å². The summed E-state index contributed by atoms with van der Waals surface area (Å²) in [4.78, 5) is 11.7. The quantitative estimate of drug-likeness (QED) is 0.618. The Morgan fingerprint density at radius 2 is 2.28 bits per heavy atom. The first-order valence-corrected chi connectivity index (χ1v) is 7.16. The smallest absolute Gasteiger partial charge is 0.251 e. The van der Waals surface area contributed by atoms with Crippen molar-refractivity contribution >= 4 is 33.4 Å². The van der Waals surface area contributed by atoms with Gasteiger partial charge in [0.1, 0.15) is 5.82 Å². The Morgan fingerprint density at radius 3 is 2.89 bits per heavy atom. The minimum absolute atomic E-state index is 0.250. The normalized spacial score (nSPS) is 12.2. The van der Waals surface area contributed by atoms with Crippen LogP contribution in [0.1, 0.15) is 30.1 Å². The number of carbonyl (C=O) groups excluding carboxylic acids is 1. The number of alkyl halides is 1. The van der Waals surface area contributed by atoms with Gasteiger partial charge in [0.25, 0.3) is 5.91 Å². The van der Waals surface area contributed by atoms with Gasteiger partial charge in [0, 0.05) is 18.0 Å². The summed E-state index contributed by atoms with van der Waals surface area (Å²) < 4.78 is 13.6. The van der Waals surface area contributed by atoms with E-state index in [2.05, 4.69) is 28.2 Å². The number of amides is 1. The Labute approximate surface area is 120 Å². The monoisotopic (exact) mass is 335 g/mol. The molecule has 1 rings (SSSR count). The number of rotatable bonds is 6. The first kappa shape index (κ1) is 15.4. The van der Waals surface area contributed by atoms with Crippen molar-refractivity contribution in [1.82, 2.24) is 5.32 Å². The lowest BCUT2D eigenvalue weighted by Gasteiger charge is -2.08. The second-order valence-corrected chi connectivity index (χ2v) is 5.45. The van der Waals surface area contributed by atoms with Crippen LogP contribution in [0.3, 0.4) is 0 Å². The highest BCUT2D eigenvalue weighted by molar-refractivity contribution is 9.10. The standard InChI is InChI=1S/C13H16BrClFNO/c1-9(8-15)3-2-6-17-13(18)10-4-5-11(14)12(16)7-10/h4-5,7,9H,2-3,6,8H2,1H3,(H,17,18). The van der Waals surface area contributed by atoms with Crippen LogP contribution in [0.2, 0.25) is 0 Å². The Bertz CT molecular complexity index is 414. The molecule has 1 amide bonds. The lowest BCUT2D eigenvalue weighted by Crippen LogP contribution is -2.24. The summed E-state index contributed by atoms with van der Waals surface area (Å²) in [5, 5.41) is 2.76. The van der Waals surface area contributed by atoms with Gasteiger partial charge in [-0.25, -0.2) is 4.39 Å². The maximum Gasteiger partial charge on any atom is 0.251 e. The van der Waals surface area contributed by atoms with E-state index in [0.29, 0.717) is 28.4 Å². The van der Waals surface area contributed by atoms with E-state index >= 15 is 0 Å². The highest BCUT2D eigenvalue weighted by atomic mass is 79.9. The lowest BCUT2D eigenvalue weighted by atomic mass is 10.1. The number of hydrogen-bond donors (Lipinski definition) is 1. The Morgan fingerprint density at radius 1 is 1.56 bits per heavy atom. The third kappa shape index (κ3) is 4.94. The zero-order chi connectivity index (χ0) is 13.5. The Balaban J connectivity index is 2.39. The van der Waals surface area contributed by atoms with Crippen molar-refractivity contribution in [2.45, 2.75) is 19.8 Å². The van der Waals surface area contributed by atoms with Gasteiger partial charge in [-0.05, 0) is 52.9 Å². The number of benzene rings is 1. The molecule has 2 nitrogen and oxygen atoms in total. The Hall–Kier alpha value is -0.610. The molecule has 0 aliphatic carbocycles. The average molecular weight is 337 g/mol. The zero-order valence-electron chi connectivity index (χ0n) is 10.2. The van der Waals surface area contributed by atoms with Gasteiger partial charge >= 0.3 is 0 Å². The first-order valence-electron chi connectivity index (χ1n) is 5.83. The van der Waals surface area contributed by atoms with E-state index in [1.54, 1.807) is 6.07 Å². The summed E-state index contributed by atoms with van der Waals surface area (Å²) in [5.74, 6) is 0.401. The summed E-state index contributed by atoms with van der Waals surface area (Å²) in [6.45, 7) is 2.65. The first-order chi connectivity index (χ1) is 8.54. The van der Waals surface area contributed by atoms with Crippen molar-refractivity contribution in [2.24, 2.45) is 5.92 Å². The number of nitrogens with one attached hydrogen (secondary N) is 1. The molecule has 0 aliphatic heterocycles. The van der Waals surface area contributed by atoms with Crippen molar-refractivity contribution in [2.75, 3.05) is 12.4 Å². The summed E-state index contributed by atoms with van der Waals surface area (Å²) >= 11 is 8.74. The predicted octanol–water partition coefficient (Wildman–Crippen LogP) is 3.97. The molecule has 100 valence electrons. The van der Waals surface area contributed by atoms with Crippen LogP contribution >= 0.6 is 27.5 Å². The van der Waals surface area contributed by atoms with Crippen molar-refractivity contribution in [1.29, 1.82) is 0 Å². The molecule has 1 aromatic carbocycles. The maximum atomic E-state index is 13.2. The molecule has 0 radical (unpaired) electrons.